The molecule has 2 N–H and O–H groups in total. The molecule has 4 amide bonds. The van der Waals surface area contributed by atoms with E-state index in [0.717, 1.165) is 41.1 Å². The van der Waals surface area contributed by atoms with Gasteiger partial charge >= 0.3 is 6.03 Å². The molecule has 1 atom stereocenters. The molecule has 1 fully saturated rings. The van der Waals surface area contributed by atoms with E-state index < -0.39 is 29.9 Å². The zero-order valence-electron chi connectivity index (χ0n) is 20.7. The number of imidazole rings is 1. The number of imide groups is 1. The zero-order chi connectivity index (χ0) is 25.2. The Morgan fingerprint density at radius 3 is 2.46 bits per heavy atom. The van der Waals surface area contributed by atoms with Gasteiger partial charge in [0, 0.05) is 13.1 Å². The molecule has 35 heavy (non-hydrogen) atoms. The summed E-state index contributed by atoms with van der Waals surface area (Å²) in [6.45, 7) is 10.7. The molecule has 1 aliphatic rings. The lowest BCUT2D eigenvalue weighted by Gasteiger charge is -2.22. The quantitative estimate of drug-likeness (QED) is 0.463. The molecule has 2 heterocycles. The summed E-state index contributed by atoms with van der Waals surface area (Å²) in [5.74, 6) is -0.547. The van der Waals surface area contributed by atoms with Crippen LogP contribution in [0, 0.1) is 6.92 Å². The molecule has 184 valence electrons. The first kappa shape index (κ1) is 24.4. The summed E-state index contributed by atoms with van der Waals surface area (Å²) >= 11 is 0. The van der Waals surface area contributed by atoms with Crippen LogP contribution in [0.5, 0.6) is 0 Å². The summed E-state index contributed by atoms with van der Waals surface area (Å²) in [7, 11) is 0. The van der Waals surface area contributed by atoms with E-state index in [9.17, 15) is 14.4 Å². The van der Waals surface area contributed by atoms with Gasteiger partial charge in [0.25, 0.3) is 5.91 Å². The molecular weight excluding hydrogens is 444 g/mol. The number of rotatable bonds is 9. The van der Waals surface area contributed by atoms with Crippen molar-refractivity contribution in [1.29, 1.82) is 0 Å². The van der Waals surface area contributed by atoms with E-state index in [4.69, 9.17) is 0 Å². The second-order valence-electron chi connectivity index (χ2n) is 8.96. The summed E-state index contributed by atoms with van der Waals surface area (Å²) in [5.41, 5.74) is 2.18. The monoisotopic (exact) mass is 476 g/mol. The Labute approximate surface area is 205 Å². The van der Waals surface area contributed by atoms with Gasteiger partial charge in [-0.15, -0.1) is 0 Å². The van der Waals surface area contributed by atoms with Crippen molar-refractivity contribution in [3.63, 3.8) is 0 Å². The van der Waals surface area contributed by atoms with Gasteiger partial charge in [-0.3, -0.25) is 19.8 Å². The van der Waals surface area contributed by atoms with E-state index in [1.165, 1.54) is 0 Å². The number of urea groups is 1. The minimum absolute atomic E-state index is 0.397. The standard InChI is InChI=1S/C26H32N6O3/c1-5-30(6-2)15-16-31-21-10-8-7-9-20(21)27-24(31)28-22(33)17-32-23(34)26(4,29-25(32)35)19-13-11-18(3)12-14-19/h7-14H,5-6,15-17H2,1-4H3,(H,29,35)(H,27,28,33)/t26-/m1/s1. The number of benzene rings is 2. The fourth-order valence-electron chi connectivity index (χ4n) is 4.41. The Kier molecular flexibility index (Phi) is 6.88. The SMILES string of the molecule is CCN(CC)CCn1c(NC(=O)CN2C(=O)N[C@](C)(c3ccc(C)cc3)C2=O)nc2ccccc21. The molecule has 0 unspecified atom stereocenters. The maximum absolute atomic E-state index is 13.2. The maximum Gasteiger partial charge on any atom is 0.325 e. The Balaban J connectivity index is 1.52. The third kappa shape index (κ3) is 4.77. The number of aromatic nitrogens is 2. The van der Waals surface area contributed by atoms with E-state index in [1.54, 1.807) is 6.92 Å². The van der Waals surface area contributed by atoms with Crippen molar-refractivity contribution >= 4 is 34.8 Å². The van der Waals surface area contributed by atoms with E-state index in [1.807, 2.05) is 60.0 Å². The predicted octanol–water partition coefficient (Wildman–Crippen LogP) is 3.09. The first-order valence-electron chi connectivity index (χ1n) is 12.0. The van der Waals surface area contributed by atoms with Gasteiger partial charge in [-0.05, 0) is 44.6 Å². The smallest absolute Gasteiger partial charge is 0.319 e. The molecule has 1 aromatic heterocycles. The lowest BCUT2D eigenvalue weighted by atomic mass is 9.91. The number of nitrogens with one attached hydrogen (secondary N) is 2. The van der Waals surface area contributed by atoms with Gasteiger partial charge in [0.05, 0.1) is 11.0 Å². The summed E-state index contributed by atoms with van der Waals surface area (Å²) in [5, 5.41) is 5.57. The van der Waals surface area contributed by atoms with Crippen LogP contribution in [-0.4, -0.2) is 63.4 Å². The van der Waals surface area contributed by atoms with Crippen molar-refractivity contribution < 1.29 is 14.4 Å². The largest absolute Gasteiger partial charge is 0.325 e. The van der Waals surface area contributed by atoms with E-state index >= 15 is 0 Å². The highest BCUT2D eigenvalue weighted by atomic mass is 16.2. The van der Waals surface area contributed by atoms with Crippen LogP contribution in [0.25, 0.3) is 11.0 Å². The van der Waals surface area contributed by atoms with E-state index in [0.29, 0.717) is 18.1 Å². The average Bonchev–Trinajstić information content (AvgIpc) is 3.29. The van der Waals surface area contributed by atoms with E-state index in [-0.39, 0.29) is 0 Å². The number of hydrogen-bond acceptors (Lipinski definition) is 5. The molecule has 0 spiro atoms. The number of carbonyl (C=O) groups excluding carboxylic acids is 3. The van der Waals surface area contributed by atoms with Gasteiger partial charge in [0.1, 0.15) is 12.1 Å². The average molecular weight is 477 g/mol. The molecule has 0 bridgehead atoms. The lowest BCUT2D eigenvalue weighted by molar-refractivity contribution is -0.133. The fourth-order valence-corrected chi connectivity index (χ4v) is 4.41. The lowest BCUT2D eigenvalue weighted by Crippen LogP contribution is -2.42. The van der Waals surface area contributed by atoms with Crippen LogP contribution < -0.4 is 10.6 Å². The second kappa shape index (κ2) is 9.87. The summed E-state index contributed by atoms with van der Waals surface area (Å²) < 4.78 is 1.97. The Bertz CT molecular complexity index is 1250. The highest BCUT2D eigenvalue weighted by molar-refractivity contribution is 6.10. The Hall–Kier alpha value is -3.72. The molecule has 3 aromatic rings. The highest BCUT2D eigenvalue weighted by Gasteiger charge is 2.49. The van der Waals surface area contributed by atoms with Crippen molar-refractivity contribution in [3.8, 4) is 0 Å². The van der Waals surface area contributed by atoms with Crippen molar-refractivity contribution in [2.75, 3.05) is 31.5 Å². The van der Waals surface area contributed by atoms with Gasteiger partial charge in [0.15, 0.2) is 0 Å². The van der Waals surface area contributed by atoms with Crippen LogP contribution in [0.2, 0.25) is 0 Å². The van der Waals surface area contributed by atoms with Crippen molar-refractivity contribution in [2.45, 2.75) is 39.8 Å². The third-order valence-electron chi connectivity index (χ3n) is 6.65. The molecule has 0 saturated carbocycles. The van der Waals surface area contributed by atoms with Gasteiger partial charge in [-0.1, -0.05) is 55.8 Å². The normalized spacial score (nSPS) is 17.9. The van der Waals surface area contributed by atoms with Crippen LogP contribution in [0.4, 0.5) is 10.7 Å². The van der Waals surface area contributed by atoms with Crippen LogP contribution in [0.15, 0.2) is 48.5 Å². The predicted molar refractivity (Wildman–Crippen MR) is 135 cm³/mol. The van der Waals surface area contributed by atoms with Crippen molar-refractivity contribution in [1.82, 2.24) is 24.7 Å². The summed E-state index contributed by atoms with van der Waals surface area (Å²) in [6, 6.07) is 14.5. The number of fused-ring (bicyclic) bond motifs is 1. The zero-order valence-corrected chi connectivity index (χ0v) is 20.7. The van der Waals surface area contributed by atoms with Crippen molar-refractivity contribution in [3.05, 3.63) is 59.7 Å². The van der Waals surface area contributed by atoms with Crippen LogP contribution in [0.3, 0.4) is 0 Å². The van der Waals surface area contributed by atoms with Gasteiger partial charge in [0.2, 0.25) is 11.9 Å². The van der Waals surface area contributed by atoms with Crippen LogP contribution in [-0.2, 0) is 21.7 Å². The summed E-state index contributed by atoms with van der Waals surface area (Å²) in [4.78, 5) is 46.7. The minimum Gasteiger partial charge on any atom is -0.319 e. The van der Waals surface area contributed by atoms with Crippen LogP contribution >= 0.6 is 0 Å². The molecule has 0 aliphatic carbocycles. The van der Waals surface area contributed by atoms with Gasteiger partial charge in [-0.25, -0.2) is 9.78 Å². The molecule has 1 saturated heterocycles. The van der Waals surface area contributed by atoms with Gasteiger partial charge < -0.3 is 14.8 Å². The number of likely N-dealkylation sites (N-methyl/N-ethyl adjacent to an activating group) is 1. The minimum atomic E-state index is -1.22. The number of para-hydroxylation sites is 2. The van der Waals surface area contributed by atoms with E-state index in [2.05, 4.69) is 34.4 Å². The fraction of sp³-hybridized carbons (Fsp3) is 0.385. The molecule has 4 rings (SSSR count). The highest BCUT2D eigenvalue weighted by Crippen LogP contribution is 2.29. The van der Waals surface area contributed by atoms with Gasteiger partial charge in [-0.2, -0.15) is 0 Å². The molecule has 2 aromatic carbocycles. The molecular formula is C26H32N6O3. The molecule has 0 radical (unpaired) electrons. The number of hydrogen-bond donors (Lipinski definition) is 2. The number of carbonyl (C=O) groups is 3. The first-order chi connectivity index (χ1) is 16.8. The molecule has 1 aliphatic heterocycles. The topological polar surface area (TPSA) is 99.6 Å². The third-order valence-corrected chi connectivity index (χ3v) is 6.65. The number of aryl methyl sites for hydroxylation is 1. The number of anilines is 1. The molecule has 9 heteroatoms. The Morgan fingerprint density at radius 2 is 1.77 bits per heavy atom. The summed E-state index contributed by atoms with van der Waals surface area (Å²) in [6.07, 6.45) is 0. The van der Waals surface area contributed by atoms with Crippen molar-refractivity contribution in [2.24, 2.45) is 0 Å². The second-order valence-corrected chi connectivity index (χ2v) is 8.96. The Morgan fingerprint density at radius 1 is 1.09 bits per heavy atom. The molecule has 9 nitrogen and oxygen atoms in total. The first-order valence-corrected chi connectivity index (χ1v) is 12.0. The number of nitrogens with zero attached hydrogens (tertiary/aromatic N) is 4. The number of amides is 4. The van der Waals surface area contributed by atoms with Crippen LogP contribution in [0.1, 0.15) is 31.9 Å². The maximum atomic E-state index is 13.2.